The molecule has 1 unspecified atom stereocenters. The predicted molar refractivity (Wildman–Crippen MR) is 100 cm³/mol. The first kappa shape index (κ1) is 17.7. The number of hydrogen-bond donors (Lipinski definition) is 1. The monoisotopic (exact) mass is 368 g/mol. The summed E-state index contributed by atoms with van der Waals surface area (Å²) in [5.74, 6) is 0. The molecule has 27 heavy (non-hydrogen) atoms. The van der Waals surface area contributed by atoms with E-state index in [9.17, 15) is 9.59 Å². The van der Waals surface area contributed by atoms with E-state index in [4.69, 9.17) is 10.00 Å². The number of aromatic amines is 1. The van der Waals surface area contributed by atoms with Crippen molar-refractivity contribution in [1.29, 1.82) is 5.26 Å². The lowest BCUT2D eigenvalue weighted by atomic mass is 9.89. The van der Waals surface area contributed by atoms with Gasteiger partial charge in [0.15, 0.2) is 0 Å². The molecule has 7 nitrogen and oxygen atoms in total. The molecule has 1 saturated heterocycles. The molecule has 2 heterocycles. The molecule has 1 aliphatic carbocycles. The standard InChI is InChI=1S/C20H24N4O3/c1-3-20(2)12-23(19(26)27-20)14-5-7-15(8-6-14)24-17-9-4-13(11-21)10-16(17)22-18(24)25/h4,9-10,14-15H,3,5-8,12H2,1-2H3,(H,22,25). The minimum Gasteiger partial charge on any atom is -0.441 e. The number of H-pyrrole nitrogens is 1. The zero-order chi connectivity index (χ0) is 19.2. The van der Waals surface area contributed by atoms with E-state index in [1.807, 2.05) is 29.4 Å². The van der Waals surface area contributed by atoms with Gasteiger partial charge in [-0.05, 0) is 57.2 Å². The summed E-state index contributed by atoms with van der Waals surface area (Å²) in [6, 6.07) is 7.67. The van der Waals surface area contributed by atoms with Crippen LogP contribution in [0.5, 0.6) is 0 Å². The van der Waals surface area contributed by atoms with E-state index in [0.29, 0.717) is 17.6 Å². The van der Waals surface area contributed by atoms with Gasteiger partial charge in [0.25, 0.3) is 0 Å². The van der Waals surface area contributed by atoms with Crippen molar-refractivity contribution in [2.45, 2.75) is 63.6 Å². The number of aromatic nitrogens is 2. The highest BCUT2D eigenvalue weighted by atomic mass is 16.6. The number of carbonyl (C=O) groups is 1. The fourth-order valence-corrected chi connectivity index (χ4v) is 4.38. The average molecular weight is 368 g/mol. The molecule has 142 valence electrons. The van der Waals surface area contributed by atoms with Gasteiger partial charge in [-0.3, -0.25) is 4.57 Å². The normalized spacial score (nSPS) is 28.3. The molecule has 0 spiro atoms. The summed E-state index contributed by atoms with van der Waals surface area (Å²) in [5, 5.41) is 9.04. The number of hydrogen-bond acceptors (Lipinski definition) is 4. The molecule has 2 aromatic rings. The Morgan fingerprint density at radius 1 is 1.26 bits per heavy atom. The summed E-state index contributed by atoms with van der Waals surface area (Å²) in [6.07, 6.45) is 3.98. The summed E-state index contributed by atoms with van der Waals surface area (Å²) in [5.41, 5.74) is 1.54. The molecule has 1 amide bonds. The first-order valence-corrected chi connectivity index (χ1v) is 9.58. The summed E-state index contributed by atoms with van der Waals surface area (Å²) in [7, 11) is 0. The van der Waals surface area contributed by atoms with Crippen LogP contribution in [0.1, 0.15) is 57.6 Å². The Labute approximate surface area is 157 Å². The maximum atomic E-state index is 12.5. The number of carbonyl (C=O) groups excluding carboxylic acids is 1. The highest BCUT2D eigenvalue weighted by molar-refractivity contribution is 5.77. The van der Waals surface area contributed by atoms with Gasteiger partial charge in [-0.25, -0.2) is 9.59 Å². The van der Waals surface area contributed by atoms with Gasteiger partial charge in [0, 0.05) is 12.1 Å². The van der Waals surface area contributed by atoms with Crippen molar-refractivity contribution < 1.29 is 9.53 Å². The van der Waals surface area contributed by atoms with Crippen LogP contribution in [0.4, 0.5) is 4.79 Å². The SMILES string of the molecule is CCC1(C)CN(C2CCC(n3c(=O)[nH]c4cc(C#N)ccc43)CC2)C(=O)O1. The summed E-state index contributed by atoms with van der Waals surface area (Å²) >= 11 is 0. The Morgan fingerprint density at radius 2 is 1.96 bits per heavy atom. The molecule has 0 bridgehead atoms. The van der Waals surface area contributed by atoms with Gasteiger partial charge in [-0.2, -0.15) is 5.26 Å². The van der Waals surface area contributed by atoms with Crippen molar-refractivity contribution in [2.24, 2.45) is 0 Å². The van der Waals surface area contributed by atoms with Crippen molar-refractivity contribution >= 4 is 17.1 Å². The first-order chi connectivity index (χ1) is 12.9. The average Bonchev–Trinajstić information content (AvgIpc) is 3.17. The molecule has 2 aliphatic rings. The minimum absolute atomic E-state index is 0.103. The zero-order valence-corrected chi connectivity index (χ0v) is 15.7. The molecular formula is C20H24N4O3. The van der Waals surface area contributed by atoms with E-state index in [1.54, 1.807) is 12.1 Å². The molecule has 1 atom stereocenters. The fourth-order valence-electron chi connectivity index (χ4n) is 4.38. The molecular weight excluding hydrogens is 344 g/mol. The van der Waals surface area contributed by atoms with Crippen LogP contribution >= 0.6 is 0 Å². The van der Waals surface area contributed by atoms with E-state index in [-0.39, 0.29) is 29.5 Å². The molecule has 0 radical (unpaired) electrons. The number of ether oxygens (including phenoxy) is 1. The van der Waals surface area contributed by atoms with Crippen LogP contribution < -0.4 is 5.69 Å². The Kier molecular flexibility index (Phi) is 4.22. The van der Waals surface area contributed by atoms with Crippen LogP contribution in [-0.2, 0) is 4.74 Å². The molecule has 2 fully saturated rings. The van der Waals surface area contributed by atoms with Gasteiger partial charge >= 0.3 is 11.8 Å². The van der Waals surface area contributed by atoms with Crippen LogP contribution in [0.15, 0.2) is 23.0 Å². The van der Waals surface area contributed by atoms with E-state index >= 15 is 0 Å². The number of imidazole rings is 1. The van der Waals surface area contributed by atoms with E-state index in [2.05, 4.69) is 11.1 Å². The number of nitriles is 1. The number of nitrogens with one attached hydrogen (secondary N) is 1. The molecule has 1 aromatic carbocycles. The second-order valence-corrected chi connectivity index (χ2v) is 7.91. The van der Waals surface area contributed by atoms with Gasteiger partial charge in [-0.1, -0.05) is 6.92 Å². The topological polar surface area (TPSA) is 91.1 Å². The van der Waals surface area contributed by atoms with Crippen LogP contribution in [-0.4, -0.2) is 38.7 Å². The quantitative estimate of drug-likeness (QED) is 0.900. The Balaban J connectivity index is 1.51. The number of benzene rings is 1. The van der Waals surface area contributed by atoms with Gasteiger partial charge in [0.2, 0.25) is 0 Å². The van der Waals surface area contributed by atoms with E-state index < -0.39 is 0 Å². The van der Waals surface area contributed by atoms with Gasteiger partial charge < -0.3 is 14.6 Å². The lowest BCUT2D eigenvalue weighted by Gasteiger charge is -2.34. The lowest BCUT2D eigenvalue weighted by Crippen LogP contribution is -2.41. The summed E-state index contributed by atoms with van der Waals surface area (Å²) in [4.78, 5) is 29.5. The van der Waals surface area contributed by atoms with Crippen molar-refractivity contribution in [3.63, 3.8) is 0 Å². The highest BCUT2D eigenvalue weighted by Gasteiger charge is 2.43. The number of cyclic esters (lactones) is 1. The fraction of sp³-hybridized carbons (Fsp3) is 0.550. The van der Waals surface area contributed by atoms with Crippen LogP contribution in [0.3, 0.4) is 0 Å². The number of amides is 1. The van der Waals surface area contributed by atoms with Crippen molar-refractivity contribution in [3.8, 4) is 6.07 Å². The Bertz CT molecular complexity index is 977. The van der Waals surface area contributed by atoms with Crippen molar-refractivity contribution in [2.75, 3.05) is 6.54 Å². The molecule has 1 N–H and O–H groups in total. The largest absolute Gasteiger partial charge is 0.441 e. The van der Waals surface area contributed by atoms with E-state index in [0.717, 1.165) is 37.6 Å². The molecule has 1 aliphatic heterocycles. The second kappa shape index (κ2) is 6.45. The van der Waals surface area contributed by atoms with Crippen LogP contribution in [0, 0.1) is 11.3 Å². The molecule has 1 saturated carbocycles. The highest BCUT2D eigenvalue weighted by Crippen LogP contribution is 2.36. The van der Waals surface area contributed by atoms with Crippen LogP contribution in [0.2, 0.25) is 0 Å². The van der Waals surface area contributed by atoms with Crippen molar-refractivity contribution in [3.05, 3.63) is 34.2 Å². The summed E-state index contributed by atoms with van der Waals surface area (Å²) < 4.78 is 7.37. The maximum Gasteiger partial charge on any atom is 0.410 e. The Morgan fingerprint density at radius 3 is 2.59 bits per heavy atom. The Hall–Kier alpha value is -2.75. The van der Waals surface area contributed by atoms with E-state index in [1.165, 1.54) is 0 Å². The molecule has 7 heteroatoms. The lowest BCUT2D eigenvalue weighted by molar-refractivity contribution is 0.0685. The smallest absolute Gasteiger partial charge is 0.410 e. The van der Waals surface area contributed by atoms with Gasteiger partial charge in [-0.15, -0.1) is 0 Å². The minimum atomic E-state index is -0.389. The first-order valence-electron chi connectivity index (χ1n) is 9.58. The third-order valence-corrected chi connectivity index (χ3v) is 6.14. The third kappa shape index (κ3) is 2.99. The third-order valence-electron chi connectivity index (χ3n) is 6.14. The number of nitrogens with zero attached hydrogens (tertiary/aromatic N) is 3. The predicted octanol–water partition coefficient (Wildman–Crippen LogP) is 3.31. The van der Waals surface area contributed by atoms with Gasteiger partial charge in [0.05, 0.1) is 29.2 Å². The zero-order valence-electron chi connectivity index (χ0n) is 15.7. The van der Waals surface area contributed by atoms with Crippen molar-refractivity contribution in [1.82, 2.24) is 14.5 Å². The number of fused-ring (bicyclic) bond motifs is 1. The number of rotatable bonds is 3. The molecule has 1 aromatic heterocycles. The summed E-state index contributed by atoms with van der Waals surface area (Å²) in [6.45, 7) is 4.66. The van der Waals surface area contributed by atoms with Gasteiger partial charge in [0.1, 0.15) is 5.60 Å². The molecule has 4 rings (SSSR count). The second-order valence-electron chi connectivity index (χ2n) is 7.91. The van der Waals surface area contributed by atoms with Crippen LogP contribution in [0.25, 0.3) is 11.0 Å². The maximum absolute atomic E-state index is 12.5.